The van der Waals surface area contributed by atoms with Crippen LogP contribution in [0.5, 0.6) is 0 Å². The van der Waals surface area contributed by atoms with Crippen LogP contribution < -0.4 is 0 Å². The van der Waals surface area contributed by atoms with Gasteiger partial charge in [-0.2, -0.15) is 0 Å². The Bertz CT molecular complexity index is 456. The summed E-state index contributed by atoms with van der Waals surface area (Å²) in [5.41, 5.74) is -0.132. The second kappa shape index (κ2) is 7.20. The van der Waals surface area contributed by atoms with E-state index in [1.165, 1.54) is 12.0 Å². The first-order valence-electron chi connectivity index (χ1n) is 6.87. The van der Waals surface area contributed by atoms with E-state index < -0.39 is 11.4 Å². The normalized spacial score (nSPS) is 13.8. The molecule has 1 aromatic rings. The van der Waals surface area contributed by atoms with Crippen LogP contribution in [0, 0.1) is 5.41 Å². The summed E-state index contributed by atoms with van der Waals surface area (Å²) in [6.07, 6.45) is 1.61. The Morgan fingerprint density at radius 3 is 2.25 bits per heavy atom. The van der Waals surface area contributed by atoms with E-state index in [-0.39, 0.29) is 5.78 Å². The van der Waals surface area contributed by atoms with Crippen molar-refractivity contribution in [2.75, 3.05) is 14.1 Å². The zero-order valence-electron chi connectivity index (χ0n) is 12.7. The Hall–Kier alpha value is -1.68. The molecule has 20 heavy (non-hydrogen) atoms. The van der Waals surface area contributed by atoms with Crippen LogP contribution in [0.4, 0.5) is 0 Å². The fraction of sp³-hybridized carbons (Fsp3) is 0.500. The van der Waals surface area contributed by atoms with Gasteiger partial charge in [0.1, 0.15) is 11.2 Å². The molecule has 0 N–H and O–H groups in total. The van der Waals surface area contributed by atoms with Gasteiger partial charge in [0.2, 0.25) is 0 Å². The van der Waals surface area contributed by atoms with Gasteiger partial charge in [0.25, 0.3) is 0 Å². The molecular formula is C16H23NO3. The fourth-order valence-electron chi connectivity index (χ4n) is 2.33. The Labute approximate surface area is 120 Å². The standard InChI is InChI=1S/C16H23NO3/c1-5-11-16(13(2)18,15(19)20-17(3)4)12-14-9-7-6-8-10-14/h6-10H,5,11-12H2,1-4H3. The maximum atomic E-state index is 12.4. The lowest BCUT2D eigenvalue weighted by Gasteiger charge is -2.29. The van der Waals surface area contributed by atoms with E-state index in [9.17, 15) is 9.59 Å². The molecule has 0 saturated carbocycles. The van der Waals surface area contributed by atoms with Crippen molar-refractivity contribution in [2.45, 2.75) is 33.1 Å². The molecule has 1 aromatic carbocycles. The number of nitrogens with zero attached hydrogens (tertiary/aromatic N) is 1. The summed E-state index contributed by atoms with van der Waals surface area (Å²) in [5, 5.41) is 1.33. The van der Waals surface area contributed by atoms with Gasteiger partial charge in [0, 0.05) is 14.1 Å². The summed E-state index contributed by atoms with van der Waals surface area (Å²) in [6, 6.07) is 9.58. The van der Waals surface area contributed by atoms with Crippen LogP contribution in [0.15, 0.2) is 30.3 Å². The largest absolute Gasteiger partial charge is 0.367 e. The van der Waals surface area contributed by atoms with Crippen molar-refractivity contribution >= 4 is 11.8 Å². The molecule has 0 spiro atoms. The van der Waals surface area contributed by atoms with Gasteiger partial charge in [0.15, 0.2) is 0 Å². The molecule has 0 aliphatic rings. The number of ketones is 1. The minimum Gasteiger partial charge on any atom is -0.367 e. The molecule has 0 radical (unpaired) electrons. The zero-order chi connectivity index (χ0) is 15.2. The quantitative estimate of drug-likeness (QED) is 0.568. The molecule has 0 amide bonds. The molecule has 0 saturated heterocycles. The van der Waals surface area contributed by atoms with Gasteiger partial charge in [-0.25, -0.2) is 4.79 Å². The summed E-state index contributed by atoms with van der Waals surface area (Å²) in [4.78, 5) is 29.8. The highest BCUT2D eigenvalue weighted by atomic mass is 16.7. The molecule has 110 valence electrons. The van der Waals surface area contributed by atoms with Crippen molar-refractivity contribution in [2.24, 2.45) is 5.41 Å². The van der Waals surface area contributed by atoms with E-state index in [2.05, 4.69) is 0 Å². The molecule has 4 nitrogen and oxygen atoms in total. The predicted molar refractivity (Wildman–Crippen MR) is 77.9 cm³/mol. The Morgan fingerprint density at radius 2 is 1.80 bits per heavy atom. The van der Waals surface area contributed by atoms with E-state index in [0.717, 1.165) is 12.0 Å². The first-order chi connectivity index (χ1) is 9.42. The highest BCUT2D eigenvalue weighted by Gasteiger charge is 2.44. The second-order valence-corrected chi connectivity index (χ2v) is 5.24. The Balaban J connectivity index is 3.11. The highest BCUT2D eigenvalue weighted by Crippen LogP contribution is 2.32. The number of rotatable bonds is 7. The van der Waals surface area contributed by atoms with Crippen molar-refractivity contribution in [3.63, 3.8) is 0 Å². The first-order valence-corrected chi connectivity index (χ1v) is 6.87. The molecule has 0 bridgehead atoms. The van der Waals surface area contributed by atoms with Gasteiger partial charge in [-0.05, 0) is 25.3 Å². The van der Waals surface area contributed by atoms with Gasteiger partial charge in [-0.15, -0.1) is 5.06 Å². The number of carbonyl (C=O) groups excluding carboxylic acids is 2. The Kier molecular flexibility index (Phi) is 5.89. The van der Waals surface area contributed by atoms with Crippen molar-refractivity contribution in [1.82, 2.24) is 5.06 Å². The number of benzene rings is 1. The molecule has 4 heteroatoms. The molecule has 0 fully saturated rings. The summed E-state index contributed by atoms with van der Waals surface area (Å²) >= 11 is 0. The SMILES string of the molecule is CCCC(Cc1ccccc1)(C(C)=O)C(=O)ON(C)C. The topological polar surface area (TPSA) is 46.6 Å². The molecule has 0 aromatic heterocycles. The maximum absolute atomic E-state index is 12.4. The number of carbonyl (C=O) groups is 2. The van der Waals surface area contributed by atoms with Crippen LogP contribution in [0.1, 0.15) is 32.3 Å². The fourth-order valence-corrected chi connectivity index (χ4v) is 2.33. The van der Waals surface area contributed by atoms with E-state index in [1.54, 1.807) is 14.1 Å². The third kappa shape index (κ3) is 3.90. The number of hydrogen-bond acceptors (Lipinski definition) is 4. The van der Waals surface area contributed by atoms with Crippen molar-refractivity contribution in [3.05, 3.63) is 35.9 Å². The zero-order valence-corrected chi connectivity index (χ0v) is 12.7. The van der Waals surface area contributed by atoms with Gasteiger partial charge >= 0.3 is 5.97 Å². The van der Waals surface area contributed by atoms with Gasteiger partial charge in [0.05, 0.1) is 0 Å². The lowest BCUT2D eigenvalue weighted by molar-refractivity contribution is -0.192. The van der Waals surface area contributed by atoms with Crippen LogP contribution in [-0.4, -0.2) is 30.9 Å². The maximum Gasteiger partial charge on any atom is 0.338 e. The van der Waals surface area contributed by atoms with E-state index >= 15 is 0 Å². The molecule has 1 atom stereocenters. The smallest absolute Gasteiger partial charge is 0.338 e. The predicted octanol–water partition coefficient (Wildman–Crippen LogP) is 2.62. The highest BCUT2D eigenvalue weighted by molar-refractivity contribution is 6.02. The summed E-state index contributed by atoms with van der Waals surface area (Å²) in [5.74, 6) is -0.615. The molecule has 0 aliphatic carbocycles. The summed E-state index contributed by atoms with van der Waals surface area (Å²) in [6.45, 7) is 3.43. The number of Topliss-reactive ketones (excluding diaryl/α,β-unsaturated/α-hetero) is 1. The average molecular weight is 277 g/mol. The van der Waals surface area contributed by atoms with E-state index in [1.807, 2.05) is 37.3 Å². The minimum atomic E-state index is -1.10. The lowest BCUT2D eigenvalue weighted by Crippen LogP contribution is -2.43. The van der Waals surface area contributed by atoms with Crippen molar-refractivity contribution < 1.29 is 14.4 Å². The molecular weight excluding hydrogens is 254 g/mol. The van der Waals surface area contributed by atoms with Crippen LogP contribution in [0.3, 0.4) is 0 Å². The molecule has 0 aliphatic heterocycles. The third-order valence-corrected chi connectivity index (χ3v) is 3.36. The first kappa shape index (κ1) is 16.4. The van der Waals surface area contributed by atoms with Crippen LogP contribution in [0.2, 0.25) is 0 Å². The number of hydrogen-bond donors (Lipinski definition) is 0. The minimum absolute atomic E-state index is 0.143. The van der Waals surface area contributed by atoms with Gasteiger partial charge < -0.3 is 4.84 Å². The summed E-state index contributed by atoms with van der Waals surface area (Å²) < 4.78 is 0. The van der Waals surface area contributed by atoms with E-state index in [4.69, 9.17) is 4.84 Å². The van der Waals surface area contributed by atoms with Crippen LogP contribution >= 0.6 is 0 Å². The summed E-state index contributed by atoms with van der Waals surface area (Å²) in [7, 11) is 3.27. The third-order valence-electron chi connectivity index (χ3n) is 3.36. The van der Waals surface area contributed by atoms with Gasteiger partial charge in [-0.1, -0.05) is 43.7 Å². The molecule has 0 heterocycles. The monoisotopic (exact) mass is 277 g/mol. The Morgan fingerprint density at radius 1 is 1.20 bits per heavy atom. The lowest BCUT2D eigenvalue weighted by atomic mass is 9.75. The van der Waals surface area contributed by atoms with E-state index in [0.29, 0.717) is 12.8 Å². The number of hydroxylamine groups is 2. The van der Waals surface area contributed by atoms with Crippen molar-refractivity contribution in [1.29, 1.82) is 0 Å². The van der Waals surface area contributed by atoms with Crippen LogP contribution in [-0.2, 0) is 20.8 Å². The molecule has 1 rings (SSSR count). The molecule has 1 unspecified atom stereocenters. The van der Waals surface area contributed by atoms with Gasteiger partial charge in [-0.3, -0.25) is 4.79 Å². The second-order valence-electron chi connectivity index (χ2n) is 5.24. The van der Waals surface area contributed by atoms with Crippen LogP contribution in [0.25, 0.3) is 0 Å². The average Bonchev–Trinajstić information content (AvgIpc) is 2.38. The van der Waals surface area contributed by atoms with Crippen molar-refractivity contribution in [3.8, 4) is 0 Å².